The second kappa shape index (κ2) is 12.8. The fraction of sp³-hybridized carbons (Fsp3) is 0.619. The van der Waals surface area contributed by atoms with E-state index >= 15 is 0 Å². The van der Waals surface area contributed by atoms with Crippen molar-refractivity contribution in [3.8, 4) is 5.75 Å². The summed E-state index contributed by atoms with van der Waals surface area (Å²) in [4.78, 5) is 16.2. The first-order valence-corrected chi connectivity index (χ1v) is 9.63. The number of rotatable bonds is 8. The van der Waals surface area contributed by atoms with Crippen molar-refractivity contribution in [2.45, 2.75) is 58.6 Å². The Morgan fingerprint density at radius 1 is 1.07 bits per heavy atom. The molecule has 0 aliphatic carbocycles. The first kappa shape index (κ1) is 27.3. The molecule has 0 aromatic heterocycles. The molecule has 1 amide bonds. The topological polar surface area (TPSA) is 84.0 Å². The molecule has 166 valence electrons. The average Bonchev–Trinajstić information content (AvgIpc) is 2.59. The summed E-state index contributed by atoms with van der Waals surface area (Å²) >= 11 is 0. The summed E-state index contributed by atoms with van der Waals surface area (Å²) in [6.45, 7) is 10.7. The van der Waals surface area contributed by atoms with E-state index in [0.717, 1.165) is 25.1 Å². The lowest BCUT2D eigenvalue weighted by molar-refractivity contribution is 0.0474. The summed E-state index contributed by atoms with van der Waals surface area (Å²) < 4.78 is 10.5. The first-order chi connectivity index (χ1) is 13.0. The van der Waals surface area contributed by atoms with Gasteiger partial charge < -0.3 is 25.4 Å². The van der Waals surface area contributed by atoms with Crippen LogP contribution in [0.2, 0.25) is 0 Å². The number of carbonyl (C=O) groups is 1. The zero-order chi connectivity index (χ0) is 21.2. The number of hydrogen-bond acceptors (Lipinski definition) is 4. The van der Waals surface area contributed by atoms with Gasteiger partial charge in [0.25, 0.3) is 0 Å². The highest BCUT2D eigenvalue weighted by Crippen LogP contribution is 2.12. The zero-order valence-corrected chi connectivity index (χ0v) is 21.0. The van der Waals surface area contributed by atoms with E-state index in [4.69, 9.17) is 9.47 Å². The Morgan fingerprint density at radius 2 is 1.69 bits per heavy atom. The van der Waals surface area contributed by atoms with E-state index in [-0.39, 0.29) is 24.0 Å². The van der Waals surface area contributed by atoms with Crippen LogP contribution in [0.15, 0.2) is 29.3 Å². The molecule has 0 aliphatic rings. The molecule has 0 unspecified atom stereocenters. The third-order valence-electron chi connectivity index (χ3n) is 3.85. The van der Waals surface area contributed by atoms with Gasteiger partial charge in [0, 0.05) is 20.1 Å². The number of nitrogens with zero attached hydrogens (tertiary/aromatic N) is 1. The second-order valence-corrected chi connectivity index (χ2v) is 8.31. The Hall–Kier alpha value is -1.71. The predicted molar refractivity (Wildman–Crippen MR) is 130 cm³/mol. The van der Waals surface area contributed by atoms with Gasteiger partial charge in [0.2, 0.25) is 0 Å². The van der Waals surface area contributed by atoms with Gasteiger partial charge in [-0.1, -0.05) is 12.1 Å². The van der Waals surface area contributed by atoms with Gasteiger partial charge in [-0.2, -0.15) is 0 Å². The minimum atomic E-state index is -0.519. The third-order valence-corrected chi connectivity index (χ3v) is 3.85. The van der Waals surface area contributed by atoms with Crippen LogP contribution in [0.4, 0.5) is 4.79 Å². The highest BCUT2D eigenvalue weighted by molar-refractivity contribution is 14.0. The van der Waals surface area contributed by atoms with Crippen molar-refractivity contribution in [1.82, 2.24) is 16.0 Å². The number of halogens is 1. The van der Waals surface area contributed by atoms with Gasteiger partial charge in [-0.05, 0) is 65.2 Å². The summed E-state index contributed by atoms with van der Waals surface area (Å²) in [5.74, 6) is 1.57. The van der Waals surface area contributed by atoms with Gasteiger partial charge >= 0.3 is 6.09 Å². The van der Waals surface area contributed by atoms with Crippen LogP contribution in [0.3, 0.4) is 0 Å². The molecule has 1 aromatic carbocycles. The van der Waals surface area contributed by atoms with Crippen LogP contribution in [0.1, 0.15) is 46.6 Å². The van der Waals surface area contributed by atoms with Crippen molar-refractivity contribution in [2.24, 2.45) is 4.99 Å². The Balaban J connectivity index is 0.00000784. The lowest BCUT2D eigenvalue weighted by Crippen LogP contribution is -2.54. The number of benzene rings is 1. The van der Waals surface area contributed by atoms with E-state index in [1.807, 2.05) is 46.8 Å². The minimum Gasteiger partial charge on any atom is -0.497 e. The minimum absolute atomic E-state index is 0. The molecule has 8 heteroatoms. The van der Waals surface area contributed by atoms with Crippen molar-refractivity contribution in [3.63, 3.8) is 0 Å². The molecule has 0 saturated heterocycles. The first-order valence-electron chi connectivity index (χ1n) is 9.63. The smallest absolute Gasteiger partial charge is 0.408 e. The number of hydrogen-bond donors (Lipinski definition) is 3. The maximum absolute atomic E-state index is 12.0. The number of nitrogens with one attached hydrogen (secondary N) is 3. The Morgan fingerprint density at radius 3 is 2.21 bits per heavy atom. The molecule has 29 heavy (non-hydrogen) atoms. The molecule has 0 atom stereocenters. The number of aliphatic imine (C=N–C) groups is 1. The molecule has 7 nitrogen and oxygen atoms in total. The summed E-state index contributed by atoms with van der Waals surface area (Å²) in [6.07, 6.45) is 1.52. The van der Waals surface area contributed by atoms with Crippen molar-refractivity contribution in [3.05, 3.63) is 29.8 Å². The number of methoxy groups -OCH3 is 1. The molecular weight excluding hydrogens is 483 g/mol. The van der Waals surface area contributed by atoms with Crippen LogP contribution in [-0.2, 0) is 11.2 Å². The highest BCUT2D eigenvalue weighted by Gasteiger charge is 2.24. The SMILES string of the molecule is CN=C(NCCCc1ccc(OC)cc1)NCC(C)(C)NC(=O)OC(C)(C)C.I. The van der Waals surface area contributed by atoms with Crippen LogP contribution in [0.5, 0.6) is 5.75 Å². The van der Waals surface area contributed by atoms with Gasteiger partial charge in [-0.15, -0.1) is 24.0 Å². The maximum Gasteiger partial charge on any atom is 0.408 e. The molecule has 0 fully saturated rings. The van der Waals surface area contributed by atoms with Crippen LogP contribution in [0, 0.1) is 0 Å². The van der Waals surface area contributed by atoms with Gasteiger partial charge in [0.05, 0.1) is 12.6 Å². The molecule has 1 rings (SSSR count). The van der Waals surface area contributed by atoms with Crippen molar-refractivity contribution < 1.29 is 14.3 Å². The largest absolute Gasteiger partial charge is 0.497 e. The van der Waals surface area contributed by atoms with E-state index in [9.17, 15) is 4.79 Å². The van der Waals surface area contributed by atoms with Gasteiger partial charge in [0.1, 0.15) is 11.4 Å². The standard InChI is InChI=1S/C21H36N4O3.HI/c1-20(2,3)28-19(26)25-21(4,5)15-24-18(22-6)23-14-8-9-16-10-12-17(27-7)13-11-16;/h10-13H,8-9,14-15H2,1-7H3,(H,25,26)(H2,22,23,24);1H. The van der Waals surface area contributed by atoms with Crippen LogP contribution in [-0.4, -0.2) is 50.4 Å². The number of amides is 1. The summed E-state index contributed by atoms with van der Waals surface area (Å²) in [7, 11) is 3.40. The van der Waals surface area contributed by atoms with Crippen molar-refractivity contribution >= 4 is 36.0 Å². The zero-order valence-electron chi connectivity index (χ0n) is 18.7. The van der Waals surface area contributed by atoms with E-state index in [1.165, 1.54) is 5.56 Å². The maximum atomic E-state index is 12.0. The number of alkyl carbamates (subject to hydrolysis) is 1. The van der Waals surface area contributed by atoms with E-state index in [2.05, 4.69) is 33.1 Å². The summed E-state index contributed by atoms with van der Waals surface area (Å²) in [5.41, 5.74) is 0.270. The molecule has 1 aromatic rings. The third kappa shape index (κ3) is 12.5. The molecule has 0 spiro atoms. The summed E-state index contributed by atoms with van der Waals surface area (Å²) in [6, 6.07) is 8.11. The molecular formula is C21H37IN4O3. The number of guanidine groups is 1. The lowest BCUT2D eigenvalue weighted by atomic mass is 10.1. The van der Waals surface area contributed by atoms with E-state index in [1.54, 1.807) is 14.2 Å². The molecule has 3 N–H and O–H groups in total. The van der Waals surface area contributed by atoms with Gasteiger partial charge in [-0.3, -0.25) is 4.99 Å². The fourth-order valence-electron chi connectivity index (χ4n) is 2.44. The predicted octanol–water partition coefficient (Wildman–Crippen LogP) is 3.71. The van der Waals surface area contributed by atoms with E-state index in [0.29, 0.717) is 12.5 Å². The average molecular weight is 520 g/mol. The molecule has 0 bridgehead atoms. The molecule has 0 radical (unpaired) electrons. The Labute approximate surface area is 192 Å². The van der Waals surface area contributed by atoms with Crippen molar-refractivity contribution in [1.29, 1.82) is 0 Å². The molecule has 0 heterocycles. The Bertz CT molecular complexity index is 640. The lowest BCUT2D eigenvalue weighted by Gasteiger charge is -2.29. The van der Waals surface area contributed by atoms with Crippen LogP contribution < -0.4 is 20.7 Å². The van der Waals surface area contributed by atoms with E-state index < -0.39 is 17.2 Å². The number of aryl methyl sites for hydroxylation is 1. The van der Waals surface area contributed by atoms with Crippen LogP contribution >= 0.6 is 24.0 Å². The molecule has 0 aliphatic heterocycles. The summed E-state index contributed by atoms with van der Waals surface area (Å²) in [5, 5.41) is 9.41. The Kier molecular flexibility index (Phi) is 12.0. The number of carbonyl (C=O) groups excluding carboxylic acids is 1. The normalized spacial score (nSPS) is 11.9. The van der Waals surface area contributed by atoms with Gasteiger partial charge in [0.15, 0.2) is 5.96 Å². The molecule has 0 saturated carbocycles. The monoisotopic (exact) mass is 520 g/mol. The highest BCUT2D eigenvalue weighted by atomic mass is 127. The van der Waals surface area contributed by atoms with Crippen molar-refractivity contribution in [2.75, 3.05) is 27.2 Å². The van der Waals surface area contributed by atoms with Crippen LogP contribution in [0.25, 0.3) is 0 Å². The number of ether oxygens (including phenoxy) is 2. The quantitative estimate of drug-likeness (QED) is 0.211. The second-order valence-electron chi connectivity index (χ2n) is 8.31. The van der Waals surface area contributed by atoms with Gasteiger partial charge in [-0.25, -0.2) is 4.79 Å². The fourth-order valence-corrected chi connectivity index (χ4v) is 2.44.